The lowest BCUT2D eigenvalue weighted by atomic mass is 9.94. The molecule has 0 bridgehead atoms. The summed E-state index contributed by atoms with van der Waals surface area (Å²) in [4.78, 5) is 38.0. The number of hydrogen-bond acceptors (Lipinski definition) is 4. The third-order valence-electron chi connectivity index (χ3n) is 4.77. The fraction of sp³-hybridized carbons (Fsp3) is 0.227. The maximum absolute atomic E-state index is 12.8. The molecule has 0 spiro atoms. The highest BCUT2D eigenvalue weighted by atomic mass is 16.5. The van der Waals surface area contributed by atoms with E-state index in [9.17, 15) is 14.4 Å². The van der Waals surface area contributed by atoms with Crippen molar-refractivity contribution in [2.24, 2.45) is 0 Å². The van der Waals surface area contributed by atoms with Gasteiger partial charge in [-0.2, -0.15) is 0 Å². The van der Waals surface area contributed by atoms with Gasteiger partial charge in [-0.3, -0.25) is 4.90 Å². The van der Waals surface area contributed by atoms with Crippen LogP contribution in [-0.4, -0.2) is 34.6 Å². The van der Waals surface area contributed by atoms with Crippen LogP contribution in [0.4, 0.5) is 4.79 Å². The molecule has 1 aliphatic rings. The molecular weight excluding hydrogens is 372 g/mol. The molecule has 2 aromatic rings. The average Bonchev–Trinajstić information content (AvgIpc) is 2.71. The van der Waals surface area contributed by atoms with E-state index in [2.05, 4.69) is 5.32 Å². The number of hydrogen-bond donors (Lipinski definition) is 2. The molecule has 0 saturated carbocycles. The van der Waals surface area contributed by atoms with Gasteiger partial charge in [0.25, 0.3) is 0 Å². The van der Waals surface area contributed by atoms with E-state index < -0.39 is 18.0 Å². The maximum Gasteiger partial charge on any atom is 0.338 e. The quantitative estimate of drug-likeness (QED) is 0.731. The lowest BCUT2D eigenvalue weighted by Crippen LogP contribution is -2.47. The Morgan fingerprint density at radius 1 is 1.10 bits per heavy atom. The number of allylic oxidation sites excluding steroid dienone is 1. The van der Waals surface area contributed by atoms with Gasteiger partial charge in [0.05, 0.1) is 30.3 Å². The van der Waals surface area contributed by atoms with Gasteiger partial charge in [-0.15, -0.1) is 0 Å². The number of urea groups is 1. The Balaban J connectivity index is 1.97. The van der Waals surface area contributed by atoms with Crippen LogP contribution in [0.3, 0.4) is 0 Å². The largest absolute Gasteiger partial charge is 0.478 e. The fourth-order valence-electron chi connectivity index (χ4n) is 3.28. The van der Waals surface area contributed by atoms with Crippen molar-refractivity contribution in [2.45, 2.75) is 26.4 Å². The van der Waals surface area contributed by atoms with Crippen molar-refractivity contribution in [2.75, 3.05) is 6.61 Å². The lowest BCUT2D eigenvalue weighted by Gasteiger charge is -2.35. The summed E-state index contributed by atoms with van der Waals surface area (Å²) in [7, 11) is 0. The minimum absolute atomic E-state index is 0.167. The van der Waals surface area contributed by atoms with Gasteiger partial charge in [0, 0.05) is 5.70 Å². The summed E-state index contributed by atoms with van der Waals surface area (Å²) >= 11 is 0. The van der Waals surface area contributed by atoms with Crippen LogP contribution >= 0.6 is 0 Å². The molecule has 2 amide bonds. The van der Waals surface area contributed by atoms with Gasteiger partial charge < -0.3 is 15.2 Å². The van der Waals surface area contributed by atoms with Gasteiger partial charge >= 0.3 is 18.0 Å². The molecule has 150 valence electrons. The molecule has 0 saturated heterocycles. The molecule has 1 atom stereocenters. The Labute approximate surface area is 168 Å². The second kappa shape index (κ2) is 8.60. The number of rotatable bonds is 6. The lowest BCUT2D eigenvalue weighted by molar-refractivity contribution is -0.139. The number of nitrogens with one attached hydrogen (secondary N) is 1. The zero-order valence-electron chi connectivity index (χ0n) is 16.2. The van der Waals surface area contributed by atoms with E-state index in [-0.39, 0.29) is 24.7 Å². The third kappa shape index (κ3) is 4.29. The smallest absolute Gasteiger partial charge is 0.338 e. The Morgan fingerprint density at radius 2 is 1.76 bits per heavy atom. The molecule has 7 nitrogen and oxygen atoms in total. The number of carboxylic acid groups (broad SMARTS) is 1. The van der Waals surface area contributed by atoms with Crippen LogP contribution in [0.25, 0.3) is 0 Å². The zero-order chi connectivity index (χ0) is 21.0. The Morgan fingerprint density at radius 3 is 2.34 bits per heavy atom. The normalized spacial score (nSPS) is 16.4. The molecule has 1 unspecified atom stereocenters. The molecule has 29 heavy (non-hydrogen) atoms. The molecular formula is C22H22N2O5. The van der Waals surface area contributed by atoms with Crippen LogP contribution < -0.4 is 5.32 Å². The van der Waals surface area contributed by atoms with Crippen LogP contribution in [0.1, 0.15) is 41.4 Å². The van der Waals surface area contributed by atoms with Crippen molar-refractivity contribution in [1.82, 2.24) is 10.2 Å². The van der Waals surface area contributed by atoms with Crippen molar-refractivity contribution in [3.63, 3.8) is 0 Å². The Kier molecular flexibility index (Phi) is 5.97. The number of carbonyl (C=O) groups excluding carboxylic acids is 2. The molecule has 2 N–H and O–H groups in total. The molecule has 1 heterocycles. The number of amides is 2. The van der Waals surface area contributed by atoms with Crippen molar-refractivity contribution in [1.29, 1.82) is 0 Å². The second-order valence-corrected chi connectivity index (χ2v) is 6.60. The molecule has 7 heteroatoms. The molecule has 1 aliphatic heterocycles. The number of carboxylic acids is 1. The van der Waals surface area contributed by atoms with Crippen LogP contribution in [-0.2, 0) is 16.1 Å². The van der Waals surface area contributed by atoms with E-state index in [1.165, 1.54) is 17.0 Å². The first-order valence-electron chi connectivity index (χ1n) is 9.25. The first-order valence-corrected chi connectivity index (χ1v) is 9.25. The van der Waals surface area contributed by atoms with E-state index in [0.717, 1.165) is 11.1 Å². The van der Waals surface area contributed by atoms with E-state index in [0.29, 0.717) is 11.3 Å². The van der Waals surface area contributed by atoms with Gasteiger partial charge in [0.15, 0.2) is 0 Å². The van der Waals surface area contributed by atoms with Gasteiger partial charge in [0.2, 0.25) is 0 Å². The first-order chi connectivity index (χ1) is 13.9. The predicted molar refractivity (Wildman–Crippen MR) is 106 cm³/mol. The first kappa shape index (κ1) is 20.1. The van der Waals surface area contributed by atoms with E-state index >= 15 is 0 Å². The van der Waals surface area contributed by atoms with Crippen molar-refractivity contribution in [3.8, 4) is 0 Å². The minimum Gasteiger partial charge on any atom is -0.478 e. The molecule has 2 aromatic carbocycles. The average molecular weight is 394 g/mol. The second-order valence-electron chi connectivity index (χ2n) is 6.60. The van der Waals surface area contributed by atoms with Gasteiger partial charge in [-0.1, -0.05) is 42.5 Å². The standard InChI is InChI=1S/C22H22N2O5/c1-3-29-21(27)18-14(2)24(13-15-9-11-17(12-10-15)20(25)26)22(28)23-19(18)16-7-5-4-6-8-16/h4-12,19H,3,13H2,1-2H3,(H,23,28)(H,25,26). The van der Waals surface area contributed by atoms with E-state index in [4.69, 9.17) is 9.84 Å². The SMILES string of the molecule is CCOC(=O)C1=C(C)N(Cc2ccc(C(=O)O)cc2)C(=O)NC1c1ccccc1. The summed E-state index contributed by atoms with van der Waals surface area (Å²) in [5.41, 5.74) is 2.57. The number of esters is 1. The predicted octanol–water partition coefficient (Wildman–Crippen LogP) is 3.49. The number of ether oxygens (including phenoxy) is 1. The van der Waals surface area contributed by atoms with Gasteiger partial charge in [-0.25, -0.2) is 14.4 Å². The number of nitrogens with zero attached hydrogens (tertiary/aromatic N) is 1. The Bertz CT molecular complexity index is 951. The van der Waals surface area contributed by atoms with Crippen LogP contribution in [0.2, 0.25) is 0 Å². The minimum atomic E-state index is -1.02. The summed E-state index contributed by atoms with van der Waals surface area (Å²) in [5, 5.41) is 11.9. The van der Waals surface area contributed by atoms with Crippen LogP contribution in [0.15, 0.2) is 65.9 Å². The number of benzene rings is 2. The molecule has 0 radical (unpaired) electrons. The topological polar surface area (TPSA) is 95.9 Å². The highest BCUT2D eigenvalue weighted by Crippen LogP contribution is 2.32. The molecule has 3 rings (SSSR count). The number of carbonyl (C=O) groups is 3. The van der Waals surface area contributed by atoms with Crippen LogP contribution in [0, 0.1) is 0 Å². The van der Waals surface area contributed by atoms with Crippen LogP contribution in [0.5, 0.6) is 0 Å². The van der Waals surface area contributed by atoms with Crippen molar-refractivity contribution < 1.29 is 24.2 Å². The summed E-state index contributed by atoms with van der Waals surface area (Å²) in [6.07, 6.45) is 0. The molecule has 0 aliphatic carbocycles. The highest BCUT2D eigenvalue weighted by molar-refractivity contribution is 5.95. The van der Waals surface area contributed by atoms with Crippen molar-refractivity contribution >= 4 is 18.0 Å². The summed E-state index contributed by atoms with van der Waals surface area (Å²) < 4.78 is 5.24. The van der Waals surface area contributed by atoms with Gasteiger partial charge in [0.1, 0.15) is 0 Å². The number of aromatic carboxylic acids is 1. The molecule has 0 fully saturated rings. The Hall–Kier alpha value is -3.61. The van der Waals surface area contributed by atoms with E-state index in [1.54, 1.807) is 26.0 Å². The molecule has 0 aromatic heterocycles. The summed E-state index contributed by atoms with van der Waals surface area (Å²) in [6, 6.07) is 14.6. The maximum atomic E-state index is 12.8. The monoisotopic (exact) mass is 394 g/mol. The highest BCUT2D eigenvalue weighted by Gasteiger charge is 2.36. The summed E-state index contributed by atoms with van der Waals surface area (Å²) in [5.74, 6) is -1.50. The third-order valence-corrected chi connectivity index (χ3v) is 4.77. The van der Waals surface area contributed by atoms with Crippen molar-refractivity contribution in [3.05, 3.63) is 82.6 Å². The van der Waals surface area contributed by atoms with E-state index in [1.807, 2.05) is 30.3 Å². The summed E-state index contributed by atoms with van der Waals surface area (Å²) in [6.45, 7) is 3.87. The zero-order valence-corrected chi connectivity index (χ0v) is 16.2. The van der Waals surface area contributed by atoms with Gasteiger partial charge in [-0.05, 0) is 37.1 Å². The fourth-order valence-corrected chi connectivity index (χ4v) is 3.28.